The highest BCUT2D eigenvalue weighted by Gasteiger charge is 2.16. The predicted molar refractivity (Wildman–Crippen MR) is 45.2 cm³/mol. The number of hydrogen-bond acceptors (Lipinski definition) is 2. The van der Waals surface area contributed by atoms with Gasteiger partial charge in [0.05, 0.1) is 11.8 Å². The van der Waals surface area contributed by atoms with Crippen LogP contribution in [0.2, 0.25) is 0 Å². The Hall–Kier alpha value is -1.12. The number of ketones is 1. The molecule has 0 fully saturated rings. The second-order valence-corrected chi connectivity index (χ2v) is 3.24. The van der Waals surface area contributed by atoms with Crippen molar-refractivity contribution in [1.29, 1.82) is 0 Å². The van der Waals surface area contributed by atoms with Gasteiger partial charge in [0.2, 0.25) is 0 Å². The summed E-state index contributed by atoms with van der Waals surface area (Å²) in [4.78, 5) is 11.1. The number of aromatic nitrogens is 2. The lowest BCUT2D eigenvalue weighted by Gasteiger charge is -2.13. The average Bonchev–Trinajstić information content (AvgIpc) is 2.47. The summed E-state index contributed by atoms with van der Waals surface area (Å²) in [5.41, 5.74) is 1.95. The van der Waals surface area contributed by atoms with Crippen LogP contribution in [0.3, 0.4) is 0 Å². The highest BCUT2D eigenvalue weighted by molar-refractivity contribution is 5.94. The van der Waals surface area contributed by atoms with Crippen LogP contribution in [0.4, 0.5) is 0 Å². The molecule has 2 heterocycles. The van der Waals surface area contributed by atoms with Crippen molar-refractivity contribution in [2.24, 2.45) is 0 Å². The molecule has 12 heavy (non-hydrogen) atoms. The van der Waals surface area contributed by atoms with Crippen LogP contribution in [0.15, 0.2) is 6.20 Å². The lowest BCUT2D eigenvalue weighted by atomic mass is 10.1. The fourth-order valence-electron chi connectivity index (χ4n) is 1.72. The van der Waals surface area contributed by atoms with Gasteiger partial charge in [0.1, 0.15) is 0 Å². The molecule has 0 bridgehead atoms. The van der Waals surface area contributed by atoms with Crippen molar-refractivity contribution in [3.05, 3.63) is 17.5 Å². The van der Waals surface area contributed by atoms with Crippen LogP contribution in [-0.4, -0.2) is 15.6 Å². The van der Waals surface area contributed by atoms with Crippen LogP contribution in [0.5, 0.6) is 0 Å². The fourth-order valence-corrected chi connectivity index (χ4v) is 1.72. The number of aryl methyl sites for hydroxylation is 1. The maximum absolute atomic E-state index is 11.1. The topological polar surface area (TPSA) is 34.9 Å². The minimum absolute atomic E-state index is 0.137. The third-order valence-electron chi connectivity index (χ3n) is 2.36. The summed E-state index contributed by atoms with van der Waals surface area (Å²) in [6.07, 6.45) is 5.08. The van der Waals surface area contributed by atoms with Gasteiger partial charge in [-0.15, -0.1) is 0 Å². The summed E-state index contributed by atoms with van der Waals surface area (Å²) in [6.45, 7) is 2.58. The van der Waals surface area contributed by atoms with E-state index >= 15 is 0 Å². The molecular formula is C9H12N2O. The largest absolute Gasteiger partial charge is 0.294 e. The molecule has 0 amide bonds. The van der Waals surface area contributed by atoms with Gasteiger partial charge in [-0.1, -0.05) is 0 Å². The van der Waals surface area contributed by atoms with Gasteiger partial charge in [-0.05, 0) is 26.2 Å². The molecule has 0 spiro atoms. The molecule has 1 aromatic rings. The molecule has 0 aliphatic carbocycles. The summed E-state index contributed by atoms with van der Waals surface area (Å²) in [5, 5.41) is 4.17. The minimum atomic E-state index is 0.137. The zero-order valence-corrected chi connectivity index (χ0v) is 7.21. The number of nitrogens with zero attached hydrogens (tertiary/aromatic N) is 2. The number of fused-ring (bicyclic) bond motifs is 1. The first-order valence-electron chi connectivity index (χ1n) is 4.34. The van der Waals surface area contributed by atoms with Crippen molar-refractivity contribution < 1.29 is 4.79 Å². The van der Waals surface area contributed by atoms with Crippen molar-refractivity contribution in [2.45, 2.75) is 32.7 Å². The van der Waals surface area contributed by atoms with Crippen LogP contribution in [0, 0.1) is 0 Å². The Morgan fingerprint density at radius 1 is 1.58 bits per heavy atom. The second-order valence-electron chi connectivity index (χ2n) is 3.24. The Morgan fingerprint density at radius 2 is 2.42 bits per heavy atom. The smallest absolute Gasteiger partial charge is 0.163 e. The lowest BCUT2D eigenvalue weighted by Crippen LogP contribution is -2.12. The number of hydrogen-bond donors (Lipinski definition) is 0. The molecule has 64 valence electrons. The van der Waals surface area contributed by atoms with Gasteiger partial charge < -0.3 is 0 Å². The van der Waals surface area contributed by atoms with E-state index < -0.39 is 0 Å². The van der Waals surface area contributed by atoms with E-state index in [0.717, 1.165) is 24.2 Å². The highest BCUT2D eigenvalue weighted by Crippen LogP contribution is 2.17. The molecular weight excluding hydrogens is 152 g/mol. The molecule has 0 aromatic carbocycles. The van der Waals surface area contributed by atoms with Crippen LogP contribution >= 0.6 is 0 Å². The molecule has 0 saturated carbocycles. The van der Waals surface area contributed by atoms with Crippen molar-refractivity contribution in [3.63, 3.8) is 0 Å². The number of carbonyl (C=O) groups is 1. The summed E-state index contributed by atoms with van der Waals surface area (Å²) in [7, 11) is 0. The van der Waals surface area contributed by atoms with Crippen molar-refractivity contribution in [3.8, 4) is 0 Å². The van der Waals surface area contributed by atoms with Gasteiger partial charge in [0.25, 0.3) is 0 Å². The standard InChI is InChI=1S/C9H12N2O/c1-7(12)8-6-10-11-5-3-2-4-9(8)11/h6H,2-5H2,1H3. The Bertz CT molecular complexity index is 314. The first kappa shape index (κ1) is 7.53. The van der Waals surface area contributed by atoms with Crippen molar-refractivity contribution in [1.82, 2.24) is 9.78 Å². The third-order valence-corrected chi connectivity index (χ3v) is 2.36. The second kappa shape index (κ2) is 2.73. The highest BCUT2D eigenvalue weighted by atomic mass is 16.1. The van der Waals surface area contributed by atoms with E-state index in [1.165, 1.54) is 12.8 Å². The summed E-state index contributed by atoms with van der Waals surface area (Å²) in [5.74, 6) is 0.137. The quantitative estimate of drug-likeness (QED) is 0.588. The van der Waals surface area contributed by atoms with Crippen LogP contribution in [0.1, 0.15) is 35.8 Å². The monoisotopic (exact) mass is 164 g/mol. The molecule has 0 atom stereocenters. The molecule has 3 heteroatoms. The van der Waals surface area contributed by atoms with E-state index in [1.54, 1.807) is 13.1 Å². The molecule has 1 aromatic heterocycles. The first-order valence-corrected chi connectivity index (χ1v) is 4.34. The van der Waals surface area contributed by atoms with E-state index in [-0.39, 0.29) is 5.78 Å². The Kier molecular flexibility index (Phi) is 1.71. The summed E-state index contributed by atoms with van der Waals surface area (Å²) < 4.78 is 1.96. The number of carbonyl (C=O) groups excluding carboxylic acids is 1. The average molecular weight is 164 g/mol. The van der Waals surface area contributed by atoms with Gasteiger partial charge in [0, 0.05) is 12.2 Å². The predicted octanol–water partition coefficient (Wildman–Crippen LogP) is 1.42. The Balaban J connectivity index is 2.44. The summed E-state index contributed by atoms with van der Waals surface area (Å²) in [6, 6.07) is 0. The van der Waals surface area contributed by atoms with E-state index in [4.69, 9.17) is 0 Å². The molecule has 0 N–H and O–H groups in total. The van der Waals surface area contributed by atoms with Crippen LogP contribution in [0.25, 0.3) is 0 Å². The number of rotatable bonds is 1. The van der Waals surface area contributed by atoms with Crippen LogP contribution < -0.4 is 0 Å². The molecule has 1 aliphatic rings. The molecule has 1 aliphatic heterocycles. The number of Topliss-reactive ketones (excluding diaryl/α,β-unsaturated/α-hetero) is 1. The maximum atomic E-state index is 11.1. The van der Waals surface area contributed by atoms with Gasteiger partial charge in [-0.3, -0.25) is 9.48 Å². The Labute approximate surface area is 71.4 Å². The normalized spacial score (nSPS) is 15.8. The molecule has 2 rings (SSSR count). The molecule has 0 radical (unpaired) electrons. The first-order chi connectivity index (χ1) is 5.79. The fraction of sp³-hybridized carbons (Fsp3) is 0.556. The van der Waals surface area contributed by atoms with Crippen molar-refractivity contribution in [2.75, 3.05) is 0 Å². The SMILES string of the molecule is CC(=O)c1cnn2c1CCCC2. The van der Waals surface area contributed by atoms with Crippen LogP contribution in [-0.2, 0) is 13.0 Å². The van der Waals surface area contributed by atoms with Gasteiger partial charge in [-0.25, -0.2) is 0 Å². The Morgan fingerprint density at radius 3 is 3.17 bits per heavy atom. The molecule has 3 nitrogen and oxygen atoms in total. The molecule has 0 saturated heterocycles. The third kappa shape index (κ3) is 1.05. The zero-order chi connectivity index (χ0) is 8.55. The van der Waals surface area contributed by atoms with Gasteiger partial charge in [-0.2, -0.15) is 5.10 Å². The van der Waals surface area contributed by atoms with E-state index in [1.807, 2.05) is 4.68 Å². The zero-order valence-electron chi connectivity index (χ0n) is 7.21. The van der Waals surface area contributed by atoms with Gasteiger partial charge in [0.15, 0.2) is 5.78 Å². The summed E-state index contributed by atoms with van der Waals surface area (Å²) >= 11 is 0. The molecule has 0 unspecified atom stereocenters. The van der Waals surface area contributed by atoms with Gasteiger partial charge >= 0.3 is 0 Å². The van der Waals surface area contributed by atoms with Crippen molar-refractivity contribution >= 4 is 5.78 Å². The minimum Gasteiger partial charge on any atom is -0.294 e. The van der Waals surface area contributed by atoms with E-state index in [2.05, 4.69) is 5.10 Å². The van der Waals surface area contributed by atoms with E-state index in [0.29, 0.717) is 0 Å². The maximum Gasteiger partial charge on any atom is 0.163 e. The lowest BCUT2D eigenvalue weighted by molar-refractivity contribution is 0.101. The van der Waals surface area contributed by atoms with E-state index in [9.17, 15) is 4.79 Å².